The molecule has 1 aromatic carbocycles. The molecule has 114 valence electrons. The molecule has 0 spiro atoms. The van der Waals surface area contributed by atoms with Gasteiger partial charge in [0.2, 0.25) is 5.91 Å². The van der Waals surface area contributed by atoms with Gasteiger partial charge in [0, 0.05) is 30.2 Å². The maximum absolute atomic E-state index is 12.6. The van der Waals surface area contributed by atoms with Crippen LogP contribution in [-0.2, 0) is 11.3 Å². The first-order valence-electron chi connectivity index (χ1n) is 7.84. The summed E-state index contributed by atoms with van der Waals surface area (Å²) >= 11 is 0. The molecule has 1 aromatic heterocycles. The van der Waals surface area contributed by atoms with Crippen molar-refractivity contribution in [1.82, 2.24) is 9.47 Å². The Bertz CT molecular complexity index is 730. The quantitative estimate of drug-likeness (QED) is 0.855. The predicted molar refractivity (Wildman–Crippen MR) is 86.2 cm³/mol. The minimum Gasteiger partial charge on any atom is -0.341 e. The normalized spacial score (nSPS) is 21.8. The van der Waals surface area contributed by atoms with Gasteiger partial charge >= 0.3 is 0 Å². The molecule has 0 aliphatic carbocycles. The number of fused-ring (bicyclic) bond motifs is 1. The zero-order valence-electron chi connectivity index (χ0n) is 13.1. The number of nitriles is 1. The first-order valence-corrected chi connectivity index (χ1v) is 7.84. The van der Waals surface area contributed by atoms with Crippen LogP contribution in [0.15, 0.2) is 30.5 Å². The fourth-order valence-corrected chi connectivity index (χ4v) is 3.58. The lowest BCUT2D eigenvalue weighted by atomic mass is 9.92. The third kappa shape index (κ3) is 2.71. The second-order valence-electron chi connectivity index (χ2n) is 6.54. The van der Waals surface area contributed by atoms with Gasteiger partial charge in [0.1, 0.15) is 12.6 Å². The molecular weight excluding hydrogens is 274 g/mol. The van der Waals surface area contributed by atoms with Gasteiger partial charge in [0.25, 0.3) is 0 Å². The van der Waals surface area contributed by atoms with Crippen molar-refractivity contribution in [1.29, 1.82) is 5.26 Å². The van der Waals surface area contributed by atoms with E-state index in [4.69, 9.17) is 0 Å². The summed E-state index contributed by atoms with van der Waals surface area (Å²) in [6.45, 7) is 6.40. The van der Waals surface area contributed by atoms with E-state index in [0.717, 1.165) is 24.0 Å². The summed E-state index contributed by atoms with van der Waals surface area (Å²) in [7, 11) is 0. The SMILES string of the molecule is C[C@@H]1C[C@H](C)CN(C(=O)Cn2cc(C#N)c3ccccc32)C1. The van der Waals surface area contributed by atoms with Gasteiger partial charge in [-0.2, -0.15) is 5.26 Å². The first-order chi connectivity index (χ1) is 10.6. The van der Waals surface area contributed by atoms with Crippen LogP contribution in [-0.4, -0.2) is 28.5 Å². The van der Waals surface area contributed by atoms with E-state index in [9.17, 15) is 10.1 Å². The Balaban J connectivity index is 1.84. The topological polar surface area (TPSA) is 49.0 Å². The monoisotopic (exact) mass is 295 g/mol. The molecule has 4 nitrogen and oxygen atoms in total. The molecule has 1 fully saturated rings. The number of piperidine rings is 1. The fraction of sp³-hybridized carbons (Fsp3) is 0.444. The summed E-state index contributed by atoms with van der Waals surface area (Å²) < 4.78 is 1.90. The minimum atomic E-state index is 0.142. The number of hydrogen-bond donors (Lipinski definition) is 0. The van der Waals surface area contributed by atoms with E-state index in [1.807, 2.05) is 33.7 Å². The largest absolute Gasteiger partial charge is 0.341 e. The number of aromatic nitrogens is 1. The average molecular weight is 295 g/mol. The molecule has 0 bridgehead atoms. The van der Waals surface area contributed by atoms with Crippen LogP contribution in [0.4, 0.5) is 0 Å². The molecular formula is C18H21N3O. The van der Waals surface area contributed by atoms with Gasteiger partial charge in [-0.05, 0) is 24.3 Å². The molecule has 1 amide bonds. The highest BCUT2D eigenvalue weighted by atomic mass is 16.2. The van der Waals surface area contributed by atoms with Crippen LogP contribution in [0.25, 0.3) is 10.9 Å². The Hall–Kier alpha value is -2.28. The van der Waals surface area contributed by atoms with Gasteiger partial charge in [-0.15, -0.1) is 0 Å². The molecule has 1 aliphatic heterocycles. The number of benzene rings is 1. The molecule has 1 aliphatic rings. The molecule has 2 heterocycles. The van der Waals surface area contributed by atoms with E-state index in [-0.39, 0.29) is 5.91 Å². The number of amides is 1. The molecule has 2 aromatic rings. The molecule has 0 N–H and O–H groups in total. The zero-order valence-corrected chi connectivity index (χ0v) is 13.1. The molecule has 3 rings (SSSR count). The number of hydrogen-bond acceptors (Lipinski definition) is 2. The number of nitrogens with zero attached hydrogens (tertiary/aromatic N) is 3. The van der Waals surface area contributed by atoms with Crippen molar-refractivity contribution in [2.75, 3.05) is 13.1 Å². The van der Waals surface area contributed by atoms with Crippen LogP contribution in [0.3, 0.4) is 0 Å². The summed E-state index contributed by atoms with van der Waals surface area (Å²) in [4.78, 5) is 14.6. The molecule has 0 saturated carbocycles. The molecule has 1 saturated heterocycles. The molecule has 2 atom stereocenters. The molecule has 0 unspecified atom stereocenters. The molecule has 22 heavy (non-hydrogen) atoms. The standard InChI is InChI=1S/C18H21N3O/c1-13-7-14(2)10-21(9-13)18(22)12-20-11-15(8-19)16-5-3-4-6-17(16)20/h3-6,11,13-14H,7,9-10,12H2,1-2H3/t13-,14+. The number of rotatable bonds is 2. The Morgan fingerprint density at radius 1 is 1.27 bits per heavy atom. The zero-order chi connectivity index (χ0) is 15.7. The van der Waals surface area contributed by atoms with Crippen LogP contribution in [0.2, 0.25) is 0 Å². The van der Waals surface area contributed by atoms with Crippen molar-refractivity contribution in [2.24, 2.45) is 11.8 Å². The van der Waals surface area contributed by atoms with Gasteiger partial charge < -0.3 is 9.47 Å². The van der Waals surface area contributed by atoms with Crippen molar-refractivity contribution in [3.63, 3.8) is 0 Å². The van der Waals surface area contributed by atoms with Crippen molar-refractivity contribution >= 4 is 16.8 Å². The van der Waals surface area contributed by atoms with Crippen molar-refractivity contribution in [2.45, 2.75) is 26.8 Å². The Morgan fingerprint density at radius 2 is 1.95 bits per heavy atom. The fourth-order valence-electron chi connectivity index (χ4n) is 3.58. The second-order valence-corrected chi connectivity index (χ2v) is 6.54. The summed E-state index contributed by atoms with van der Waals surface area (Å²) in [5.74, 6) is 1.26. The maximum Gasteiger partial charge on any atom is 0.242 e. The number of carbonyl (C=O) groups is 1. The van der Waals surface area contributed by atoms with Crippen LogP contribution in [0, 0.1) is 23.2 Å². The number of para-hydroxylation sites is 1. The third-order valence-electron chi connectivity index (χ3n) is 4.44. The smallest absolute Gasteiger partial charge is 0.242 e. The highest BCUT2D eigenvalue weighted by Gasteiger charge is 2.25. The van der Waals surface area contributed by atoms with Gasteiger partial charge in [-0.1, -0.05) is 32.0 Å². The van der Waals surface area contributed by atoms with Crippen LogP contribution < -0.4 is 0 Å². The van der Waals surface area contributed by atoms with Crippen LogP contribution in [0.5, 0.6) is 0 Å². The minimum absolute atomic E-state index is 0.142. The van der Waals surface area contributed by atoms with E-state index < -0.39 is 0 Å². The molecule has 0 radical (unpaired) electrons. The third-order valence-corrected chi connectivity index (χ3v) is 4.44. The number of carbonyl (C=O) groups excluding carboxylic acids is 1. The second kappa shape index (κ2) is 5.84. The van der Waals surface area contributed by atoms with Gasteiger partial charge in [0.05, 0.1) is 5.56 Å². The van der Waals surface area contributed by atoms with E-state index in [1.165, 1.54) is 6.42 Å². The highest BCUT2D eigenvalue weighted by molar-refractivity contribution is 5.88. The lowest BCUT2D eigenvalue weighted by Gasteiger charge is -2.35. The highest BCUT2D eigenvalue weighted by Crippen LogP contribution is 2.23. The summed E-state index contributed by atoms with van der Waals surface area (Å²) in [5, 5.41) is 10.2. The number of likely N-dealkylation sites (tertiary alicyclic amines) is 1. The van der Waals surface area contributed by atoms with E-state index in [2.05, 4.69) is 19.9 Å². The Morgan fingerprint density at radius 3 is 2.64 bits per heavy atom. The Kier molecular flexibility index (Phi) is 3.89. The summed E-state index contributed by atoms with van der Waals surface area (Å²) in [6, 6.07) is 9.97. The summed E-state index contributed by atoms with van der Waals surface area (Å²) in [6.07, 6.45) is 2.98. The van der Waals surface area contributed by atoms with Crippen LogP contribution >= 0.6 is 0 Å². The predicted octanol–water partition coefficient (Wildman–Crippen LogP) is 3.02. The van der Waals surface area contributed by atoms with E-state index in [1.54, 1.807) is 6.20 Å². The lowest BCUT2D eigenvalue weighted by Crippen LogP contribution is -2.43. The maximum atomic E-state index is 12.6. The lowest BCUT2D eigenvalue weighted by molar-refractivity contribution is -0.134. The molecule has 4 heteroatoms. The first kappa shape index (κ1) is 14.6. The van der Waals surface area contributed by atoms with Crippen molar-refractivity contribution in [3.8, 4) is 6.07 Å². The van der Waals surface area contributed by atoms with Gasteiger partial charge in [-0.3, -0.25) is 4.79 Å². The van der Waals surface area contributed by atoms with E-state index in [0.29, 0.717) is 23.9 Å². The van der Waals surface area contributed by atoms with E-state index >= 15 is 0 Å². The van der Waals surface area contributed by atoms with Gasteiger partial charge in [0.15, 0.2) is 0 Å². The Labute approximate surface area is 130 Å². The summed E-state index contributed by atoms with van der Waals surface area (Å²) in [5.41, 5.74) is 1.58. The van der Waals surface area contributed by atoms with Crippen LogP contribution in [0.1, 0.15) is 25.8 Å². The van der Waals surface area contributed by atoms with Crippen molar-refractivity contribution in [3.05, 3.63) is 36.0 Å². The average Bonchev–Trinajstić information content (AvgIpc) is 2.84. The van der Waals surface area contributed by atoms with Crippen molar-refractivity contribution < 1.29 is 4.79 Å². The van der Waals surface area contributed by atoms with Gasteiger partial charge in [-0.25, -0.2) is 0 Å².